The Bertz CT molecular complexity index is 436. The van der Waals surface area contributed by atoms with E-state index >= 15 is 0 Å². The Hall–Kier alpha value is -0.910. The van der Waals surface area contributed by atoms with Gasteiger partial charge < -0.3 is 10.6 Å². The third-order valence-corrected chi connectivity index (χ3v) is 4.88. The Labute approximate surface area is 125 Å². The first-order chi connectivity index (χ1) is 9.58. The molecule has 20 heavy (non-hydrogen) atoms. The molecule has 1 aromatic rings. The number of carbonyl (C=O) groups excluding carboxylic acids is 1. The van der Waals surface area contributed by atoms with E-state index in [9.17, 15) is 4.79 Å². The Balaban J connectivity index is 1.78. The SMILES string of the molecule is CCc1ccc(CN2CCN(C(=O)CC(C)N)CC2)s1. The smallest absolute Gasteiger partial charge is 0.224 e. The van der Waals surface area contributed by atoms with Crippen LogP contribution in [0.25, 0.3) is 0 Å². The molecule has 1 saturated heterocycles. The lowest BCUT2D eigenvalue weighted by Gasteiger charge is -2.34. The van der Waals surface area contributed by atoms with Crippen LogP contribution in [0.2, 0.25) is 0 Å². The van der Waals surface area contributed by atoms with Crippen molar-refractivity contribution in [3.63, 3.8) is 0 Å². The molecular weight excluding hydrogens is 270 g/mol. The number of hydrogen-bond donors (Lipinski definition) is 1. The van der Waals surface area contributed by atoms with Gasteiger partial charge in [0.25, 0.3) is 0 Å². The summed E-state index contributed by atoms with van der Waals surface area (Å²) in [5.74, 6) is 0.198. The summed E-state index contributed by atoms with van der Waals surface area (Å²) in [6.45, 7) is 8.68. The van der Waals surface area contributed by atoms with Crippen LogP contribution in [0.4, 0.5) is 0 Å². The van der Waals surface area contributed by atoms with Crippen LogP contribution < -0.4 is 5.73 Å². The monoisotopic (exact) mass is 295 g/mol. The summed E-state index contributed by atoms with van der Waals surface area (Å²) in [5.41, 5.74) is 5.69. The van der Waals surface area contributed by atoms with Gasteiger partial charge >= 0.3 is 0 Å². The summed E-state index contributed by atoms with van der Waals surface area (Å²) in [5, 5.41) is 0. The van der Waals surface area contributed by atoms with E-state index in [0.717, 1.165) is 39.1 Å². The zero-order chi connectivity index (χ0) is 14.5. The number of aryl methyl sites for hydroxylation is 1. The molecule has 0 radical (unpaired) electrons. The number of carbonyl (C=O) groups is 1. The summed E-state index contributed by atoms with van der Waals surface area (Å²) < 4.78 is 0. The summed E-state index contributed by atoms with van der Waals surface area (Å²) >= 11 is 1.90. The minimum Gasteiger partial charge on any atom is -0.340 e. The normalized spacial score (nSPS) is 18.2. The number of piperazine rings is 1. The van der Waals surface area contributed by atoms with Crippen LogP contribution in [0.1, 0.15) is 30.0 Å². The highest BCUT2D eigenvalue weighted by molar-refractivity contribution is 7.11. The first-order valence-electron chi connectivity index (χ1n) is 7.41. The van der Waals surface area contributed by atoms with Crippen molar-refractivity contribution in [1.82, 2.24) is 9.80 Å². The molecule has 1 atom stereocenters. The van der Waals surface area contributed by atoms with Crippen molar-refractivity contribution in [2.75, 3.05) is 26.2 Å². The standard InChI is InChI=1S/C15H25N3OS/c1-3-13-4-5-14(20-13)11-17-6-8-18(9-7-17)15(19)10-12(2)16/h4-5,12H,3,6-11,16H2,1-2H3. The molecule has 1 aliphatic heterocycles. The second kappa shape index (κ2) is 7.20. The number of amides is 1. The number of nitrogens with zero attached hydrogens (tertiary/aromatic N) is 2. The zero-order valence-corrected chi connectivity index (χ0v) is 13.3. The molecule has 0 bridgehead atoms. The van der Waals surface area contributed by atoms with Crippen LogP contribution in [0.15, 0.2) is 12.1 Å². The topological polar surface area (TPSA) is 49.6 Å². The summed E-state index contributed by atoms with van der Waals surface area (Å²) in [6, 6.07) is 4.42. The van der Waals surface area contributed by atoms with Crippen LogP contribution in [-0.2, 0) is 17.8 Å². The third-order valence-electron chi connectivity index (χ3n) is 3.67. The van der Waals surface area contributed by atoms with Crippen molar-refractivity contribution < 1.29 is 4.79 Å². The average Bonchev–Trinajstić information content (AvgIpc) is 2.86. The summed E-state index contributed by atoms with van der Waals surface area (Å²) in [7, 11) is 0. The third kappa shape index (κ3) is 4.30. The lowest BCUT2D eigenvalue weighted by Crippen LogP contribution is -2.49. The minimum atomic E-state index is -0.0425. The molecule has 5 heteroatoms. The number of nitrogens with two attached hydrogens (primary N) is 1. The van der Waals surface area contributed by atoms with E-state index in [2.05, 4.69) is 24.0 Å². The summed E-state index contributed by atoms with van der Waals surface area (Å²) in [6.07, 6.45) is 1.58. The quantitative estimate of drug-likeness (QED) is 0.899. The van der Waals surface area contributed by atoms with Gasteiger partial charge in [-0.15, -0.1) is 11.3 Å². The van der Waals surface area contributed by atoms with Crippen molar-refractivity contribution in [3.05, 3.63) is 21.9 Å². The molecule has 2 N–H and O–H groups in total. The molecule has 0 spiro atoms. The van der Waals surface area contributed by atoms with Crippen molar-refractivity contribution in [2.45, 2.75) is 39.3 Å². The second-order valence-electron chi connectivity index (χ2n) is 5.56. The second-order valence-corrected chi connectivity index (χ2v) is 6.81. The maximum Gasteiger partial charge on any atom is 0.224 e. The maximum absolute atomic E-state index is 11.9. The Morgan fingerprint density at radius 3 is 2.50 bits per heavy atom. The van der Waals surface area contributed by atoms with Crippen molar-refractivity contribution in [2.24, 2.45) is 5.73 Å². The van der Waals surface area contributed by atoms with E-state index in [4.69, 9.17) is 5.73 Å². The summed E-state index contributed by atoms with van der Waals surface area (Å²) in [4.78, 5) is 19.2. The van der Waals surface area contributed by atoms with Gasteiger partial charge in [0.2, 0.25) is 5.91 Å². The average molecular weight is 295 g/mol. The molecule has 4 nitrogen and oxygen atoms in total. The number of thiophene rings is 1. The Kier molecular flexibility index (Phi) is 5.57. The Morgan fingerprint density at radius 2 is 1.95 bits per heavy atom. The molecule has 0 aliphatic carbocycles. The fourth-order valence-electron chi connectivity index (χ4n) is 2.48. The molecule has 0 saturated carbocycles. The molecule has 0 aromatic carbocycles. The van der Waals surface area contributed by atoms with Gasteiger partial charge in [0.1, 0.15) is 0 Å². The molecule has 2 rings (SSSR count). The first kappa shape index (κ1) is 15.5. The first-order valence-corrected chi connectivity index (χ1v) is 8.23. The molecular formula is C15H25N3OS. The van der Waals surface area contributed by atoms with E-state index in [0.29, 0.717) is 6.42 Å². The fourth-order valence-corrected chi connectivity index (χ4v) is 3.48. The molecule has 1 unspecified atom stereocenters. The molecule has 112 valence electrons. The molecule has 1 aliphatic rings. The fraction of sp³-hybridized carbons (Fsp3) is 0.667. The highest BCUT2D eigenvalue weighted by atomic mass is 32.1. The van der Waals surface area contributed by atoms with E-state index in [1.54, 1.807) is 0 Å². The van der Waals surface area contributed by atoms with Crippen LogP contribution in [-0.4, -0.2) is 47.9 Å². The maximum atomic E-state index is 11.9. The van der Waals surface area contributed by atoms with Gasteiger partial charge in [0.15, 0.2) is 0 Å². The lowest BCUT2D eigenvalue weighted by molar-refractivity contribution is -0.133. The van der Waals surface area contributed by atoms with Gasteiger partial charge in [-0.25, -0.2) is 0 Å². The van der Waals surface area contributed by atoms with Crippen LogP contribution in [0.3, 0.4) is 0 Å². The molecule has 2 heterocycles. The van der Waals surface area contributed by atoms with Crippen molar-refractivity contribution in [3.8, 4) is 0 Å². The van der Waals surface area contributed by atoms with E-state index in [-0.39, 0.29) is 11.9 Å². The van der Waals surface area contributed by atoms with Gasteiger partial charge in [-0.2, -0.15) is 0 Å². The van der Waals surface area contributed by atoms with Gasteiger partial charge in [0, 0.05) is 54.9 Å². The highest BCUT2D eigenvalue weighted by Crippen LogP contribution is 2.19. The van der Waals surface area contributed by atoms with Crippen LogP contribution in [0.5, 0.6) is 0 Å². The van der Waals surface area contributed by atoms with Gasteiger partial charge in [-0.3, -0.25) is 9.69 Å². The van der Waals surface area contributed by atoms with Crippen LogP contribution in [0, 0.1) is 0 Å². The van der Waals surface area contributed by atoms with E-state index in [1.165, 1.54) is 9.75 Å². The largest absolute Gasteiger partial charge is 0.340 e. The zero-order valence-electron chi connectivity index (χ0n) is 12.5. The van der Waals surface area contributed by atoms with Crippen LogP contribution >= 0.6 is 11.3 Å². The van der Waals surface area contributed by atoms with Gasteiger partial charge in [0.05, 0.1) is 0 Å². The molecule has 1 aromatic heterocycles. The molecule has 1 fully saturated rings. The predicted octanol–water partition coefficient (Wildman–Crippen LogP) is 1.69. The highest BCUT2D eigenvalue weighted by Gasteiger charge is 2.21. The number of rotatable bonds is 5. The van der Waals surface area contributed by atoms with Gasteiger partial charge in [-0.05, 0) is 25.5 Å². The molecule has 1 amide bonds. The van der Waals surface area contributed by atoms with Gasteiger partial charge in [-0.1, -0.05) is 6.92 Å². The van der Waals surface area contributed by atoms with E-state index in [1.807, 2.05) is 23.2 Å². The minimum absolute atomic E-state index is 0.0425. The lowest BCUT2D eigenvalue weighted by atomic mass is 10.2. The number of hydrogen-bond acceptors (Lipinski definition) is 4. The van der Waals surface area contributed by atoms with Crippen molar-refractivity contribution in [1.29, 1.82) is 0 Å². The van der Waals surface area contributed by atoms with E-state index < -0.39 is 0 Å². The predicted molar refractivity (Wildman–Crippen MR) is 83.8 cm³/mol. The van der Waals surface area contributed by atoms with Crippen molar-refractivity contribution >= 4 is 17.2 Å². The Morgan fingerprint density at radius 1 is 1.30 bits per heavy atom.